The molecule has 0 saturated heterocycles. The Labute approximate surface area is 224 Å². The highest BCUT2D eigenvalue weighted by atomic mass is 35.5. The zero-order chi connectivity index (χ0) is 26.4. The van der Waals surface area contributed by atoms with Crippen molar-refractivity contribution >= 4 is 29.3 Å². The molecule has 0 spiro atoms. The molecule has 7 heteroatoms. The molecular formula is C30H34ClN3O3. The summed E-state index contributed by atoms with van der Waals surface area (Å²) < 4.78 is 6.19. The van der Waals surface area contributed by atoms with Crippen LogP contribution in [0.5, 0.6) is 0 Å². The quantitative estimate of drug-likeness (QED) is 0.194. The molecule has 4 unspecified atom stereocenters. The van der Waals surface area contributed by atoms with E-state index in [0.29, 0.717) is 28.4 Å². The molecule has 1 aromatic carbocycles. The van der Waals surface area contributed by atoms with Gasteiger partial charge in [-0.25, -0.2) is 9.97 Å². The van der Waals surface area contributed by atoms with Crippen molar-refractivity contribution in [2.45, 2.75) is 58.6 Å². The lowest BCUT2D eigenvalue weighted by Gasteiger charge is -2.37. The van der Waals surface area contributed by atoms with Crippen LogP contribution in [0.3, 0.4) is 0 Å². The molecule has 0 aliphatic heterocycles. The van der Waals surface area contributed by atoms with Gasteiger partial charge in [-0.3, -0.25) is 14.5 Å². The maximum atomic E-state index is 14.2. The van der Waals surface area contributed by atoms with Crippen molar-refractivity contribution in [3.63, 3.8) is 0 Å². The van der Waals surface area contributed by atoms with Gasteiger partial charge < -0.3 is 4.74 Å². The summed E-state index contributed by atoms with van der Waals surface area (Å²) in [5.41, 5.74) is 1.36. The number of halogens is 1. The Balaban J connectivity index is 1.68. The van der Waals surface area contributed by atoms with Crippen LogP contribution in [-0.4, -0.2) is 27.9 Å². The minimum absolute atomic E-state index is 0.186. The van der Waals surface area contributed by atoms with Crippen LogP contribution >= 0.6 is 11.6 Å². The van der Waals surface area contributed by atoms with Crippen LogP contribution in [0.2, 0.25) is 5.15 Å². The fourth-order valence-corrected chi connectivity index (χ4v) is 5.23. The van der Waals surface area contributed by atoms with Gasteiger partial charge in [-0.1, -0.05) is 81.3 Å². The number of hydrogen-bond donors (Lipinski definition) is 0. The third kappa shape index (κ3) is 6.75. The van der Waals surface area contributed by atoms with Crippen molar-refractivity contribution < 1.29 is 14.3 Å². The molecule has 4 rings (SSSR count). The Kier molecular flexibility index (Phi) is 8.93. The first-order valence-corrected chi connectivity index (χ1v) is 13.3. The summed E-state index contributed by atoms with van der Waals surface area (Å²) in [4.78, 5) is 38.1. The van der Waals surface area contributed by atoms with Crippen LogP contribution in [0.4, 0.5) is 5.82 Å². The first kappa shape index (κ1) is 26.8. The minimum atomic E-state index is -1.12. The van der Waals surface area contributed by atoms with Crippen molar-refractivity contribution in [3.8, 4) is 0 Å². The number of esters is 1. The first-order chi connectivity index (χ1) is 17.8. The average molecular weight is 520 g/mol. The van der Waals surface area contributed by atoms with Gasteiger partial charge >= 0.3 is 5.97 Å². The van der Waals surface area contributed by atoms with Gasteiger partial charge in [0.25, 0.3) is 0 Å². The lowest BCUT2D eigenvalue weighted by molar-refractivity contribution is -0.159. The maximum Gasteiger partial charge on any atom is 0.323 e. The molecule has 1 aliphatic rings. The summed E-state index contributed by atoms with van der Waals surface area (Å²) in [6, 6.07) is 18.0. The highest BCUT2D eigenvalue weighted by Crippen LogP contribution is 2.36. The topological polar surface area (TPSA) is 72.4 Å². The normalized spacial score (nSPS) is 20.3. The number of nitrogens with zero attached hydrogens (tertiary/aromatic N) is 3. The second-order valence-corrected chi connectivity index (χ2v) is 10.6. The molecular weight excluding hydrogens is 486 g/mol. The van der Waals surface area contributed by atoms with E-state index >= 15 is 0 Å². The molecule has 4 atom stereocenters. The summed E-state index contributed by atoms with van der Waals surface area (Å²) in [7, 11) is 0. The fraction of sp³-hybridized carbons (Fsp3) is 0.400. The minimum Gasteiger partial charge on any atom is -0.461 e. The van der Waals surface area contributed by atoms with Crippen LogP contribution in [-0.2, 0) is 20.9 Å². The Morgan fingerprint density at radius 3 is 2.43 bits per heavy atom. The van der Waals surface area contributed by atoms with Crippen molar-refractivity contribution in [1.82, 2.24) is 9.97 Å². The van der Waals surface area contributed by atoms with Crippen LogP contribution in [0, 0.1) is 17.8 Å². The number of benzene rings is 1. The molecule has 1 saturated carbocycles. The molecule has 1 aliphatic carbocycles. The molecule has 6 nitrogen and oxygen atoms in total. The summed E-state index contributed by atoms with van der Waals surface area (Å²) in [6.07, 6.45) is 5.99. The van der Waals surface area contributed by atoms with E-state index in [1.54, 1.807) is 42.7 Å². The van der Waals surface area contributed by atoms with Crippen molar-refractivity contribution in [2.24, 2.45) is 17.8 Å². The van der Waals surface area contributed by atoms with E-state index in [9.17, 15) is 9.59 Å². The Bertz CT molecular complexity index is 1170. The van der Waals surface area contributed by atoms with Gasteiger partial charge in [-0.2, -0.15) is 0 Å². The lowest BCUT2D eigenvalue weighted by Crippen LogP contribution is -2.42. The largest absolute Gasteiger partial charge is 0.461 e. The van der Waals surface area contributed by atoms with Crippen molar-refractivity contribution in [3.05, 3.63) is 89.3 Å². The molecule has 1 fully saturated rings. The molecule has 3 aromatic rings. The van der Waals surface area contributed by atoms with E-state index in [2.05, 4.69) is 30.7 Å². The third-order valence-electron chi connectivity index (χ3n) is 7.17. The van der Waals surface area contributed by atoms with Crippen molar-refractivity contribution in [2.75, 3.05) is 4.90 Å². The number of carbonyl (C=O) groups is 2. The van der Waals surface area contributed by atoms with E-state index in [4.69, 9.17) is 16.3 Å². The van der Waals surface area contributed by atoms with Gasteiger partial charge in [0, 0.05) is 12.4 Å². The number of hydrogen-bond acceptors (Lipinski definition) is 5. The predicted molar refractivity (Wildman–Crippen MR) is 145 cm³/mol. The third-order valence-corrected chi connectivity index (χ3v) is 7.39. The monoisotopic (exact) mass is 519 g/mol. The summed E-state index contributed by atoms with van der Waals surface area (Å²) in [6.45, 7) is 6.72. The lowest BCUT2D eigenvalue weighted by atomic mass is 9.75. The van der Waals surface area contributed by atoms with Crippen LogP contribution in [0.15, 0.2) is 73.1 Å². The standard InChI is InChI=1S/C30H34ClN3O3/c1-20(2)24-14-12-21(3)17-25(24)37-30(36)28(23-9-5-4-6-10-23)29(35)34(27-11-7-8-16-32-27)19-22-13-15-26(31)33-18-22/h4-11,13,15-16,18,20-21,24-25,28H,12,14,17,19H2,1-3H3. The van der Waals surface area contributed by atoms with Crippen LogP contribution in [0.1, 0.15) is 57.1 Å². The van der Waals surface area contributed by atoms with Gasteiger partial charge in [-0.05, 0) is 59.9 Å². The van der Waals surface area contributed by atoms with Gasteiger partial charge in [0.2, 0.25) is 5.91 Å². The van der Waals surface area contributed by atoms with Crippen LogP contribution < -0.4 is 4.90 Å². The highest BCUT2D eigenvalue weighted by Gasteiger charge is 2.39. The van der Waals surface area contributed by atoms with E-state index < -0.39 is 17.8 Å². The van der Waals surface area contributed by atoms with E-state index in [-0.39, 0.29) is 18.6 Å². The summed E-state index contributed by atoms with van der Waals surface area (Å²) >= 11 is 5.97. The molecule has 1 amide bonds. The molecule has 37 heavy (non-hydrogen) atoms. The number of aromatic nitrogens is 2. The molecule has 2 heterocycles. The predicted octanol–water partition coefficient (Wildman–Crippen LogP) is 6.45. The first-order valence-electron chi connectivity index (χ1n) is 12.9. The summed E-state index contributed by atoms with van der Waals surface area (Å²) in [5.74, 6) is -0.444. The molecule has 2 aromatic heterocycles. The fourth-order valence-electron chi connectivity index (χ4n) is 5.12. The summed E-state index contributed by atoms with van der Waals surface area (Å²) in [5, 5.41) is 0.367. The number of anilines is 1. The van der Waals surface area contributed by atoms with Gasteiger partial charge in [0.1, 0.15) is 17.1 Å². The average Bonchev–Trinajstić information content (AvgIpc) is 2.89. The van der Waals surface area contributed by atoms with Gasteiger partial charge in [0.15, 0.2) is 5.92 Å². The van der Waals surface area contributed by atoms with Gasteiger partial charge in [-0.15, -0.1) is 0 Å². The zero-order valence-corrected chi connectivity index (χ0v) is 22.3. The number of carbonyl (C=O) groups excluding carboxylic acids is 2. The molecule has 0 N–H and O–H groups in total. The second-order valence-electron chi connectivity index (χ2n) is 10.2. The van der Waals surface area contributed by atoms with Gasteiger partial charge in [0.05, 0.1) is 6.54 Å². The number of ether oxygens (including phenoxy) is 1. The Morgan fingerprint density at radius 2 is 1.78 bits per heavy atom. The molecule has 0 radical (unpaired) electrons. The second kappa shape index (κ2) is 12.3. The van der Waals surface area contributed by atoms with Crippen molar-refractivity contribution in [1.29, 1.82) is 0 Å². The smallest absolute Gasteiger partial charge is 0.323 e. The number of rotatable bonds is 8. The van der Waals surface area contributed by atoms with Crippen LogP contribution in [0.25, 0.3) is 0 Å². The van der Waals surface area contributed by atoms with E-state index in [0.717, 1.165) is 24.8 Å². The zero-order valence-electron chi connectivity index (χ0n) is 21.6. The highest BCUT2D eigenvalue weighted by molar-refractivity contribution is 6.29. The van der Waals surface area contributed by atoms with E-state index in [1.807, 2.05) is 30.3 Å². The SMILES string of the molecule is CC1CCC(C(C)C)C(OC(=O)C(C(=O)N(Cc2ccc(Cl)nc2)c2ccccn2)c2ccccc2)C1. The molecule has 0 bridgehead atoms. The van der Waals surface area contributed by atoms with E-state index in [1.165, 1.54) is 4.90 Å². The maximum absolute atomic E-state index is 14.2. The molecule has 194 valence electrons. The Hall–Kier alpha value is -3.25. The number of pyridine rings is 2. The Morgan fingerprint density at radius 1 is 1.03 bits per heavy atom. The number of amides is 1.